The van der Waals surface area contributed by atoms with E-state index in [2.05, 4.69) is 28.4 Å². The molecule has 1 heterocycles. The molecule has 2 bridgehead atoms. The summed E-state index contributed by atoms with van der Waals surface area (Å²) in [6, 6.07) is 0.304. The first-order valence-electron chi connectivity index (χ1n) is 8.63. The van der Waals surface area contributed by atoms with Gasteiger partial charge in [0.1, 0.15) is 0 Å². The van der Waals surface area contributed by atoms with Crippen LogP contribution in [0.3, 0.4) is 0 Å². The van der Waals surface area contributed by atoms with Crippen LogP contribution in [0.2, 0.25) is 0 Å². The number of rotatable bonds is 7. The molecule has 2 aliphatic rings. The van der Waals surface area contributed by atoms with Gasteiger partial charge < -0.3 is 10.3 Å². The molecule has 0 saturated heterocycles. The van der Waals surface area contributed by atoms with Crippen molar-refractivity contribution in [2.75, 3.05) is 20.1 Å². The quantitative estimate of drug-likeness (QED) is 0.840. The predicted molar refractivity (Wildman–Crippen MR) is 85.9 cm³/mol. The number of fused-ring (bicyclic) bond motifs is 2. The van der Waals surface area contributed by atoms with E-state index in [0.717, 1.165) is 30.7 Å². The lowest BCUT2D eigenvalue weighted by atomic mass is 9.88. The first-order chi connectivity index (χ1) is 10.2. The van der Waals surface area contributed by atoms with Gasteiger partial charge >= 0.3 is 0 Å². The summed E-state index contributed by atoms with van der Waals surface area (Å²) in [5, 5.41) is 0. The SMILES string of the molecule is CCCn1cncc1C(CN)N(C)CC1CC2CCC1C2. The van der Waals surface area contributed by atoms with Gasteiger partial charge in [-0.25, -0.2) is 4.98 Å². The summed E-state index contributed by atoms with van der Waals surface area (Å²) in [5.41, 5.74) is 7.38. The van der Waals surface area contributed by atoms with Crippen molar-refractivity contribution in [3.8, 4) is 0 Å². The Kier molecular flexibility index (Phi) is 4.65. The molecule has 118 valence electrons. The lowest BCUT2D eigenvalue weighted by molar-refractivity contribution is 0.171. The summed E-state index contributed by atoms with van der Waals surface area (Å²) in [6.45, 7) is 5.11. The Labute approximate surface area is 128 Å². The Morgan fingerprint density at radius 1 is 1.43 bits per heavy atom. The number of hydrogen-bond acceptors (Lipinski definition) is 3. The Balaban J connectivity index is 1.66. The van der Waals surface area contributed by atoms with Gasteiger partial charge in [-0.1, -0.05) is 13.3 Å². The third-order valence-corrected chi connectivity index (χ3v) is 5.71. The number of aryl methyl sites for hydroxylation is 1. The fraction of sp³-hybridized carbons (Fsp3) is 0.824. The fourth-order valence-corrected chi connectivity index (χ4v) is 4.66. The zero-order valence-electron chi connectivity index (χ0n) is 13.5. The maximum atomic E-state index is 6.10. The van der Waals surface area contributed by atoms with Gasteiger partial charge in [0.2, 0.25) is 0 Å². The summed E-state index contributed by atoms with van der Waals surface area (Å²) in [6.07, 6.45) is 11.0. The summed E-state index contributed by atoms with van der Waals surface area (Å²) in [5.74, 6) is 2.90. The molecule has 0 amide bonds. The molecule has 4 nitrogen and oxygen atoms in total. The summed E-state index contributed by atoms with van der Waals surface area (Å²) in [4.78, 5) is 6.82. The second-order valence-corrected chi connectivity index (χ2v) is 7.14. The average molecular weight is 290 g/mol. The smallest absolute Gasteiger partial charge is 0.0948 e. The zero-order valence-corrected chi connectivity index (χ0v) is 13.5. The van der Waals surface area contributed by atoms with Crippen LogP contribution in [-0.4, -0.2) is 34.6 Å². The van der Waals surface area contributed by atoms with Crippen LogP contribution in [0.1, 0.15) is 50.8 Å². The van der Waals surface area contributed by atoms with Crippen LogP contribution in [-0.2, 0) is 6.54 Å². The molecule has 0 radical (unpaired) electrons. The van der Waals surface area contributed by atoms with Gasteiger partial charge in [0, 0.05) is 25.8 Å². The van der Waals surface area contributed by atoms with E-state index >= 15 is 0 Å². The summed E-state index contributed by atoms with van der Waals surface area (Å²) in [7, 11) is 2.24. The molecule has 2 N–H and O–H groups in total. The molecule has 0 aromatic carbocycles. The third-order valence-electron chi connectivity index (χ3n) is 5.71. The van der Waals surface area contributed by atoms with Crippen molar-refractivity contribution < 1.29 is 0 Å². The van der Waals surface area contributed by atoms with Gasteiger partial charge in [-0.3, -0.25) is 4.90 Å². The highest BCUT2D eigenvalue weighted by Crippen LogP contribution is 2.48. The van der Waals surface area contributed by atoms with Gasteiger partial charge in [0.05, 0.1) is 18.1 Å². The van der Waals surface area contributed by atoms with Crippen LogP contribution in [0, 0.1) is 17.8 Å². The van der Waals surface area contributed by atoms with Crippen molar-refractivity contribution in [2.24, 2.45) is 23.5 Å². The number of likely N-dealkylation sites (N-methyl/N-ethyl adjacent to an activating group) is 1. The molecular weight excluding hydrogens is 260 g/mol. The Morgan fingerprint density at radius 3 is 2.90 bits per heavy atom. The molecule has 4 atom stereocenters. The number of nitrogens with two attached hydrogens (primary N) is 1. The van der Waals surface area contributed by atoms with Crippen molar-refractivity contribution >= 4 is 0 Å². The number of imidazole rings is 1. The fourth-order valence-electron chi connectivity index (χ4n) is 4.66. The molecule has 1 aromatic heterocycles. The van der Waals surface area contributed by atoms with Gasteiger partial charge in [0.15, 0.2) is 0 Å². The van der Waals surface area contributed by atoms with Gasteiger partial charge in [-0.15, -0.1) is 0 Å². The molecule has 4 unspecified atom stereocenters. The van der Waals surface area contributed by atoms with E-state index in [1.54, 1.807) is 0 Å². The van der Waals surface area contributed by atoms with Crippen LogP contribution in [0.5, 0.6) is 0 Å². The Morgan fingerprint density at radius 2 is 2.29 bits per heavy atom. The predicted octanol–water partition coefficient (Wildman–Crippen LogP) is 2.66. The standard InChI is InChI=1S/C17H30N4/c1-3-6-21-12-19-10-17(21)16(9-18)20(2)11-15-8-13-4-5-14(15)7-13/h10,12-16H,3-9,11,18H2,1-2H3. The van der Waals surface area contributed by atoms with E-state index in [4.69, 9.17) is 5.73 Å². The minimum atomic E-state index is 0.304. The molecular formula is C17H30N4. The largest absolute Gasteiger partial charge is 0.333 e. The third kappa shape index (κ3) is 3.02. The Bertz CT molecular complexity index is 455. The van der Waals surface area contributed by atoms with Gasteiger partial charge in [-0.05, 0) is 50.5 Å². The zero-order chi connectivity index (χ0) is 14.8. The van der Waals surface area contributed by atoms with Crippen LogP contribution in [0.4, 0.5) is 0 Å². The molecule has 0 spiro atoms. The number of aromatic nitrogens is 2. The molecule has 3 rings (SSSR count). The highest BCUT2D eigenvalue weighted by Gasteiger charge is 2.40. The monoisotopic (exact) mass is 290 g/mol. The van der Waals surface area contributed by atoms with Gasteiger partial charge in [0.25, 0.3) is 0 Å². The van der Waals surface area contributed by atoms with E-state index in [0.29, 0.717) is 12.6 Å². The van der Waals surface area contributed by atoms with E-state index in [1.807, 2.05) is 12.5 Å². The lowest BCUT2D eigenvalue weighted by Crippen LogP contribution is -2.36. The van der Waals surface area contributed by atoms with Crippen molar-refractivity contribution in [1.82, 2.24) is 14.5 Å². The van der Waals surface area contributed by atoms with Crippen molar-refractivity contribution in [1.29, 1.82) is 0 Å². The van der Waals surface area contributed by atoms with Crippen molar-refractivity contribution in [2.45, 2.75) is 51.6 Å². The normalized spacial score (nSPS) is 29.4. The maximum absolute atomic E-state index is 6.10. The second kappa shape index (κ2) is 6.49. The highest BCUT2D eigenvalue weighted by atomic mass is 15.2. The van der Waals surface area contributed by atoms with E-state index < -0.39 is 0 Å². The van der Waals surface area contributed by atoms with Crippen LogP contribution in [0.25, 0.3) is 0 Å². The molecule has 2 aliphatic carbocycles. The minimum Gasteiger partial charge on any atom is -0.333 e. The second-order valence-electron chi connectivity index (χ2n) is 7.14. The molecule has 2 fully saturated rings. The number of nitrogens with zero attached hydrogens (tertiary/aromatic N) is 3. The average Bonchev–Trinajstić information content (AvgIpc) is 3.17. The number of hydrogen-bond donors (Lipinski definition) is 1. The molecule has 1 aromatic rings. The minimum absolute atomic E-state index is 0.304. The van der Waals surface area contributed by atoms with E-state index in [9.17, 15) is 0 Å². The van der Waals surface area contributed by atoms with E-state index in [1.165, 1.54) is 37.9 Å². The van der Waals surface area contributed by atoms with Crippen LogP contribution < -0.4 is 5.73 Å². The summed E-state index contributed by atoms with van der Waals surface area (Å²) < 4.78 is 2.27. The van der Waals surface area contributed by atoms with Crippen molar-refractivity contribution in [3.63, 3.8) is 0 Å². The molecule has 2 saturated carbocycles. The maximum Gasteiger partial charge on any atom is 0.0948 e. The lowest BCUT2D eigenvalue weighted by Gasteiger charge is -2.32. The Hall–Kier alpha value is -0.870. The van der Waals surface area contributed by atoms with Crippen LogP contribution in [0.15, 0.2) is 12.5 Å². The molecule has 4 heteroatoms. The van der Waals surface area contributed by atoms with Crippen molar-refractivity contribution in [3.05, 3.63) is 18.2 Å². The van der Waals surface area contributed by atoms with Gasteiger partial charge in [-0.2, -0.15) is 0 Å². The molecule has 0 aliphatic heterocycles. The molecule has 21 heavy (non-hydrogen) atoms. The first kappa shape index (κ1) is 15.0. The van der Waals surface area contributed by atoms with E-state index in [-0.39, 0.29) is 0 Å². The highest BCUT2D eigenvalue weighted by molar-refractivity contribution is 5.07. The van der Waals surface area contributed by atoms with Crippen LogP contribution >= 0.6 is 0 Å². The first-order valence-corrected chi connectivity index (χ1v) is 8.63. The topological polar surface area (TPSA) is 47.1 Å². The summed E-state index contributed by atoms with van der Waals surface area (Å²) >= 11 is 0.